The van der Waals surface area contributed by atoms with Crippen molar-refractivity contribution in [2.45, 2.75) is 62.7 Å². The lowest BCUT2D eigenvalue weighted by Gasteiger charge is -2.38. The Morgan fingerprint density at radius 1 is 1.30 bits per heavy atom. The first kappa shape index (κ1) is 24.2. The number of rotatable bonds is 6. The van der Waals surface area contributed by atoms with Crippen LogP contribution in [-0.2, 0) is 19.1 Å². The Bertz CT molecular complexity index is 985. The maximum Gasteiger partial charge on any atom is 0.250 e. The number of anilines is 1. The maximum absolute atomic E-state index is 13.9. The standard InChI is InChI=1S/C24H32BrN3O5/c1-11(2)16(10-29)28-20(22(31)27-15-8-12(3)6-7-13(15)4)24-9-14(25)19(33-24)17(21(30)26-5)18(24)23(28)32/h6-8,11,14,16-20,29H,9-10H2,1-5H3,(H,26,30)(H,27,31)/t14?,16-,17-,18-,19-,20?,24?/m0/s1. The van der Waals surface area contributed by atoms with Crippen molar-refractivity contribution in [1.82, 2.24) is 10.2 Å². The molecule has 0 aromatic heterocycles. The van der Waals surface area contributed by atoms with Crippen LogP contribution in [0.25, 0.3) is 0 Å². The Balaban J connectivity index is 1.81. The molecule has 1 spiro atoms. The second-order valence-corrected chi connectivity index (χ2v) is 11.0. The number of benzene rings is 1. The van der Waals surface area contributed by atoms with Crippen LogP contribution in [0.2, 0.25) is 0 Å². The van der Waals surface area contributed by atoms with Gasteiger partial charge in [-0.05, 0) is 43.4 Å². The number of carbonyl (C=O) groups is 3. The van der Waals surface area contributed by atoms with Crippen LogP contribution in [0.5, 0.6) is 0 Å². The summed E-state index contributed by atoms with van der Waals surface area (Å²) in [5.74, 6) is -2.52. The van der Waals surface area contributed by atoms with Crippen LogP contribution in [0.15, 0.2) is 18.2 Å². The zero-order valence-corrected chi connectivity index (χ0v) is 21.2. The van der Waals surface area contributed by atoms with E-state index >= 15 is 0 Å². The highest BCUT2D eigenvalue weighted by molar-refractivity contribution is 9.09. The molecule has 1 aromatic rings. The molecule has 3 aliphatic rings. The maximum atomic E-state index is 13.9. The van der Waals surface area contributed by atoms with E-state index in [4.69, 9.17) is 4.74 Å². The molecule has 1 aromatic carbocycles. The second kappa shape index (κ2) is 8.67. The van der Waals surface area contributed by atoms with E-state index in [2.05, 4.69) is 26.6 Å². The van der Waals surface area contributed by atoms with Gasteiger partial charge in [0.25, 0.3) is 0 Å². The molecule has 2 bridgehead atoms. The van der Waals surface area contributed by atoms with Crippen LogP contribution < -0.4 is 10.6 Å². The number of fused-ring (bicyclic) bond motifs is 1. The molecular formula is C24H32BrN3O5. The minimum absolute atomic E-state index is 0.0967. The average molecular weight is 522 g/mol. The van der Waals surface area contributed by atoms with Gasteiger partial charge in [-0.15, -0.1) is 0 Å². The van der Waals surface area contributed by atoms with Crippen LogP contribution >= 0.6 is 15.9 Å². The summed E-state index contributed by atoms with van der Waals surface area (Å²) in [6, 6.07) is 4.25. The number of amides is 3. The van der Waals surface area contributed by atoms with E-state index in [0.717, 1.165) is 11.1 Å². The third kappa shape index (κ3) is 3.59. The number of alkyl halides is 1. The summed E-state index contributed by atoms with van der Waals surface area (Å²) in [4.78, 5) is 41.9. The summed E-state index contributed by atoms with van der Waals surface area (Å²) in [5.41, 5.74) is 1.43. The fourth-order valence-electron chi connectivity index (χ4n) is 5.88. The molecule has 3 unspecified atom stereocenters. The average Bonchev–Trinajstić information content (AvgIpc) is 3.34. The normalized spacial score (nSPS) is 33.4. The van der Waals surface area contributed by atoms with Gasteiger partial charge in [0, 0.05) is 17.6 Å². The Labute approximate surface area is 202 Å². The quantitative estimate of drug-likeness (QED) is 0.494. The fourth-order valence-corrected chi connectivity index (χ4v) is 6.83. The first-order chi connectivity index (χ1) is 15.6. The number of hydrogen-bond acceptors (Lipinski definition) is 5. The molecule has 0 radical (unpaired) electrons. The van der Waals surface area contributed by atoms with Crippen LogP contribution in [0, 0.1) is 31.6 Å². The molecule has 9 heteroatoms. The SMILES string of the molecule is CNC(=O)[C@H]1[C@H]2C(=O)N([C@@H](CO)C(C)C)C(C(=O)Nc3cc(C)ccc3C)C23CC(Br)[C@@H]1O3. The molecule has 0 aliphatic carbocycles. The molecule has 3 aliphatic heterocycles. The minimum atomic E-state index is -1.14. The Morgan fingerprint density at radius 3 is 2.61 bits per heavy atom. The third-order valence-corrected chi connectivity index (χ3v) is 8.33. The van der Waals surface area contributed by atoms with Crippen LogP contribution in [-0.4, -0.2) is 70.0 Å². The van der Waals surface area contributed by atoms with Crippen molar-refractivity contribution in [1.29, 1.82) is 0 Å². The van der Waals surface area contributed by atoms with Crippen molar-refractivity contribution in [3.63, 3.8) is 0 Å². The van der Waals surface area contributed by atoms with Gasteiger partial charge < -0.3 is 25.4 Å². The van der Waals surface area contributed by atoms with Gasteiger partial charge in [-0.1, -0.05) is 41.9 Å². The summed E-state index contributed by atoms with van der Waals surface area (Å²) in [7, 11) is 1.54. The van der Waals surface area contributed by atoms with Crippen LogP contribution in [0.1, 0.15) is 31.4 Å². The molecule has 8 nitrogen and oxygen atoms in total. The first-order valence-electron chi connectivity index (χ1n) is 11.4. The highest BCUT2D eigenvalue weighted by atomic mass is 79.9. The number of aliphatic hydroxyl groups excluding tert-OH is 1. The van der Waals surface area contributed by atoms with E-state index in [0.29, 0.717) is 12.1 Å². The third-order valence-electron chi connectivity index (χ3n) is 7.49. The first-order valence-corrected chi connectivity index (χ1v) is 12.3. The van der Waals surface area contributed by atoms with Crippen molar-refractivity contribution in [3.8, 4) is 0 Å². The van der Waals surface area contributed by atoms with Gasteiger partial charge in [-0.2, -0.15) is 0 Å². The minimum Gasteiger partial charge on any atom is -0.394 e. The molecule has 3 fully saturated rings. The van der Waals surface area contributed by atoms with E-state index in [-0.39, 0.29) is 35.1 Å². The number of aliphatic hydroxyl groups is 1. The molecule has 33 heavy (non-hydrogen) atoms. The number of nitrogens with zero attached hydrogens (tertiary/aromatic N) is 1. The number of aryl methyl sites for hydroxylation is 2. The van der Waals surface area contributed by atoms with E-state index in [1.165, 1.54) is 11.9 Å². The van der Waals surface area contributed by atoms with Gasteiger partial charge >= 0.3 is 0 Å². The van der Waals surface area contributed by atoms with Crippen molar-refractivity contribution < 1.29 is 24.2 Å². The van der Waals surface area contributed by atoms with E-state index in [1.807, 2.05) is 45.9 Å². The van der Waals surface area contributed by atoms with Gasteiger partial charge in [-0.25, -0.2) is 0 Å². The topological polar surface area (TPSA) is 108 Å². The Kier molecular flexibility index (Phi) is 6.35. The summed E-state index contributed by atoms with van der Waals surface area (Å²) >= 11 is 3.64. The van der Waals surface area contributed by atoms with E-state index < -0.39 is 35.6 Å². The summed E-state index contributed by atoms with van der Waals surface area (Å²) in [5, 5.41) is 15.9. The molecule has 7 atom stereocenters. The highest BCUT2D eigenvalue weighted by Crippen LogP contribution is 2.60. The van der Waals surface area contributed by atoms with Gasteiger partial charge in [0.1, 0.15) is 11.6 Å². The smallest absolute Gasteiger partial charge is 0.250 e. The fraction of sp³-hybridized carbons (Fsp3) is 0.625. The van der Waals surface area contributed by atoms with Gasteiger partial charge in [0.15, 0.2) is 0 Å². The summed E-state index contributed by atoms with van der Waals surface area (Å²) < 4.78 is 6.42. The van der Waals surface area contributed by atoms with Crippen molar-refractivity contribution in [2.75, 3.05) is 19.0 Å². The lowest BCUT2D eigenvalue weighted by atomic mass is 9.70. The highest BCUT2D eigenvalue weighted by Gasteiger charge is 2.77. The molecule has 3 heterocycles. The lowest BCUT2D eigenvalue weighted by molar-refractivity contribution is -0.145. The summed E-state index contributed by atoms with van der Waals surface area (Å²) in [6.07, 6.45) is -0.0668. The molecule has 0 saturated carbocycles. The molecule has 3 saturated heterocycles. The van der Waals surface area contributed by atoms with Gasteiger partial charge in [-0.3, -0.25) is 14.4 Å². The van der Waals surface area contributed by atoms with Crippen molar-refractivity contribution in [3.05, 3.63) is 29.3 Å². The predicted octanol–water partition coefficient (Wildman–Crippen LogP) is 1.75. The largest absolute Gasteiger partial charge is 0.394 e. The number of hydrogen-bond donors (Lipinski definition) is 3. The Hall–Kier alpha value is -1.97. The number of ether oxygens (including phenoxy) is 1. The zero-order valence-electron chi connectivity index (χ0n) is 19.6. The number of carbonyl (C=O) groups excluding carboxylic acids is 3. The molecule has 3 amide bonds. The number of halogens is 1. The monoisotopic (exact) mass is 521 g/mol. The van der Waals surface area contributed by atoms with Crippen LogP contribution in [0.3, 0.4) is 0 Å². The van der Waals surface area contributed by atoms with E-state index in [1.54, 1.807) is 0 Å². The van der Waals surface area contributed by atoms with Crippen LogP contribution in [0.4, 0.5) is 5.69 Å². The predicted molar refractivity (Wildman–Crippen MR) is 127 cm³/mol. The number of likely N-dealkylation sites (tertiary alicyclic amines) is 1. The number of nitrogens with one attached hydrogen (secondary N) is 2. The van der Waals surface area contributed by atoms with Crippen molar-refractivity contribution >= 4 is 39.3 Å². The van der Waals surface area contributed by atoms with Crippen molar-refractivity contribution in [2.24, 2.45) is 17.8 Å². The zero-order chi connectivity index (χ0) is 24.2. The van der Waals surface area contributed by atoms with Gasteiger partial charge in [0.2, 0.25) is 17.7 Å². The molecular weight excluding hydrogens is 490 g/mol. The molecule has 3 N–H and O–H groups in total. The Morgan fingerprint density at radius 2 is 2.00 bits per heavy atom. The van der Waals surface area contributed by atoms with E-state index in [9.17, 15) is 19.5 Å². The second-order valence-electron chi connectivity index (χ2n) is 9.82. The molecule has 4 rings (SSSR count). The molecule has 180 valence electrons. The van der Waals surface area contributed by atoms with Gasteiger partial charge in [0.05, 0.1) is 30.6 Å². The lowest BCUT2D eigenvalue weighted by Crippen LogP contribution is -2.57. The summed E-state index contributed by atoms with van der Waals surface area (Å²) in [6.45, 7) is 7.38.